The van der Waals surface area contributed by atoms with Crippen LogP contribution in [-0.4, -0.2) is 19.9 Å². The fraction of sp³-hybridized carbons (Fsp3) is 0. The van der Waals surface area contributed by atoms with Crippen molar-refractivity contribution < 1.29 is 0 Å². The molecule has 5 nitrogen and oxygen atoms in total. The molecule has 0 fully saturated rings. The number of anilines is 2. The summed E-state index contributed by atoms with van der Waals surface area (Å²) in [5.41, 5.74) is 4.71. The van der Waals surface area contributed by atoms with Gasteiger partial charge in [-0.15, -0.1) is 11.3 Å². The number of aromatic nitrogens is 4. The van der Waals surface area contributed by atoms with E-state index in [1.807, 2.05) is 23.7 Å². The van der Waals surface area contributed by atoms with E-state index in [1.165, 1.54) is 0 Å². The summed E-state index contributed by atoms with van der Waals surface area (Å²) in [6, 6.07) is 8.13. The minimum atomic E-state index is 0.804. The lowest BCUT2D eigenvalue weighted by atomic mass is 10.3. The SMILES string of the molecule is Ic1cc2c(Nc3ccc4ncsc4c3)ncnc2[nH]1. The summed E-state index contributed by atoms with van der Waals surface area (Å²) in [7, 11) is 0. The Labute approximate surface area is 131 Å². The summed E-state index contributed by atoms with van der Waals surface area (Å²) in [4.78, 5) is 16.0. The number of fused-ring (bicyclic) bond motifs is 2. The molecule has 0 atom stereocenters. The van der Waals surface area contributed by atoms with Crippen molar-refractivity contribution in [2.45, 2.75) is 0 Å². The molecule has 3 heterocycles. The number of hydrogen-bond donors (Lipinski definition) is 2. The molecule has 0 saturated carbocycles. The van der Waals surface area contributed by atoms with Crippen molar-refractivity contribution in [3.8, 4) is 0 Å². The largest absolute Gasteiger partial charge is 0.340 e. The standard InChI is InChI=1S/C13H8IN5S/c14-11-4-8-12(15-5-16-13(8)19-11)18-7-1-2-9-10(3-7)20-6-17-9/h1-6H,(H2,15,16,18,19). The van der Waals surface area contributed by atoms with Gasteiger partial charge in [-0.3, -0.25) is 0 Å². The number of benzene rings is 1. The van der Waals surface area contributed by atoms with E-state index < -0.39 is 0 Å². The number of rotatable bonds is 2. The first-order chi connectivity index (χ1) is 9.79. The van der Waals surface area contributed by atoms with Gasteiger partial charge < -0.3 is 10.3 Å². The Bertz CT molecular complexity index is 913. The van der Waals surface area contributed by atoms with E-state index in [1.54, 1.807) is 17.7 Å². The van der Waals surface area contributed by atoms with Crippen LogP contribution >= 0.6 is 33.9 Å². The van der Waals surface area contributed by atoms with Crippen LogP contribution in [0.25, 0.3) is 21.3 Å². The molecule has 0 radical (unpaired) electrons. The molecule has 0 aliphatic carbocycles. The van der Waals surface area contributed by atoms with Gasteiger partial charge in [0.2, 0.25) is 0 Å². The van der Waals surface area contributed by atoms with Gasteiger partial charge in [0.25, 0.3) is 0 Å². The summed E-state index contributed by atoms with van der Waals surface area (Å²) < 4.78 is 2.20. The number of aromatic amines is 1. The maximum atomic E-state index is 4.33. The highest BCUT2D eigenvalue weighted by Crippen LogP contribution is 2.27. The van der Waals surface area contributed by atoms with Gasteiger partial charge in [0.1, 0.15) is 17.8 Å². The lowest BCUT2D eigenvalue weighted by molar-refractivity contribution is 1.19. The van der Waals surface area contributed by atoms with Crippen molar-refractivity contribution in [1.29, 1.82) is 0 Å². The molecule has 0 aliphatic heterocycles. The number of hydrogen-bond acceptors (Lipinski definition) is 5. The quantitative estimate of drug-likeness (QED) is 0.507. The molecule has 0 unspecified atom stereocenters. The fourth-order valence-electron chi connectivity index (χ4n) is 2.08. The zero-order chi connectivity index (χ0) is 13.5. The molecule has 0 saturated heterocycles. The van der Waals surface area contributed by atoms with Crippen LogP contribution in [0.5, 0.6) is 0 Å². The molecule has 0 spiro atoms. The molecule has 0 aliphatic rings. The van der Waals surface area contributed by atoms with Gasteiger partial charge in [-0.1, -0.05) is 0 Å². The molecule has 0 bridgehead atoms. The molecule has 4 aromatic rings. The van der Waals surface area contributed by atoms with Crippen LogP contribution in [-0.2, 0) is 0 Å². The van der Waals surface area contributed by atoms with Crippen molar-refractivity contribution in [3.63, 3.8) is 0 Å². The monoisotopic (exact) mass is 393 g/mol. The van der Waals surface area contributed by atoms with Crippen molar-refractivity contribution in [3.05, 3.63) is 39.8 Å². The van der Waals surface area contributed by atoms with Crippen molar-refractivity contribution >= 4 is 66.7 Å². The summed E-state index contributed by atoms with van der Waals surface area (Å²) >= 11 is 3.86. The van der Waals surface area contributed by atoms with Crippen LogP contribution in [0.1, 0.15) is 0 Å². The van der Waals surface area contributed by atoms with E-state index in [-0.39, 0.29) is 0 Å². The summed E-state index contributed by atoms with van der Waals surface area (Å²) in [6.45, 7) is 0. The average molecular weight is 393 g/mol. The van der Waals surface area contributed by atoms with E-state index in [4.69, 9.17) is 0 Å². The highest BCUT2D eigenvalue weighted by atomic mass is 127. The second-order valence-electron chi connectivity index (χ2n) is 4.26. The van der Waals surface area contributed by atoms with Crippen LogP contribution in [0.3, 0.4) is 0 Å². The van der Waals surface area contributed by atoms with Gasteiger partial charge in [0.05, 0.1) is 24.8 Å². The number of nitrogens with zero attached hydrogens (tertiary/aromatic N) is 3. The zero-order valence-corrected chi connectivity index (χ0v) is 13.1. The van der Waals surface area contributed by atoms with E-state index in [0.29, 0.717) is 0 Å². The van der Waals surface area contributed by atoms with Crippen LogP contribution in [0.4, 0.5) is 11.5 Å². The number of nitrogens with one attached hydrogen (secondary N) is 2. The van der Waals surface area contributed by atoms with Gasteiger partial charge in [-0.05, 0) is 46.9 Å². The summed E-state index contributed by atoms with van der Waals surface area (Å²) in [6.07, 6.45) is 1.56. The maximum Gasteiger partial charge on any atom is 0.143 e. The van der Waals surface area contributed by atoms with E-state index in [9.17, 15) is 0 Å². The molecule has 2 N–H and O–H groups in total. The van der Waals surface area contributed by atoms with Crippen molar-refractivity contribution in [1.82, 2.24) is 19.9 Å². The van der Waals surface area contributed by atoms with Crippen LogP contribution < -0.4 is 5.32 Å². The number of halogens is 1. The molecule has 0 amide bonds. The molecule has 98 valence electrons. The van der Waals surface area contributed by atoms with Gasteiger partial charge in [-0.2, -0.15) is 0 Å². The Balaban J connectivity index is 1.79. The molecular weight excluding hydrogens is 385 g/mol. The first-order valence-corrected chi connectivity index (χ1v) is 7.85. The van der Waals surface area contributed by atoms with Crippen LogP contribution in [0.2, 0.25) is 0 Å². The molecule has 3 aromatic heterocycles. The molecule has 7 heteroatoms. The third kappa shape index (κ3) is 2.02. The minimum Gasteiger partial charge on any atom is -0.340 e. The molecular formula is C13H8IN5S. The smallest absolute Gasteiger partial charge is 0.143 e. The summed E-state index contributed by atoms with van der Waals surface area (Å²) in [5, 5.41) is 4.33. The Hall–Kier alpha value is -1.74. The fourth-order valence-corrected chi connectivity index (χ4v) is 3.36. The third-order valence-electron chi connectivity index (χ3n) is 2.99. The highest BCUT2D eigenvalue weighted by molar-refractivity contribution is 14.1. The lowest BCUT2D eigenvalue weighted by Crippen LogP contribution is -1.94. The van der Waals surface area contributed by atoms with Crippen LogP contribution in [0, 0.1) is 3.70 Å². The van der Waals surface area contributed by atoms with E-state index in [0.717, 1.165) is 36.5 Å². The number of H-pyrrole nitrogens is 1. The van der Waals surface area contributed by atoms with Crippen molar-refractivity contribution in [2.75, 3.05) is 5.32 Å². The van der Waals surface area contributed by atoms with Gasteiger partial charge in [0.15, 0.2) is 0 Å². The van der Waals surface area contributed by atoms with Gasteiger partial charge in [-0.25, -0.2) is 15.0 Å². The van der Waals surface area contributed by atoms with Gasteiger partial charge in [0, 0.05) is 5.69 Å². The van der Waals surface area contributed by atoms with E-state index in [2.05, 4.69) is 53.9 Å². The van der Waals surface area contributed by atoms with E-state index >= 15 is 0 Å². The van der Waals surface area contributed by atoms with Gasteiger partial charge >= 0.3 is 0 Å². The zero-order valence-electron chi connectivity index (χ0n) is 10.1. The lowest BCUT2D eigenvalue weighted by Gasteiger charge is -2.06. The normalized spacial score (nSPS) is 11.2. The summed E-state index contributed by atoms with van der Waals surface area (Å²) in [5.74, 6) is 0.804. The van der Waals surface area contributed by atoms with Crippen molar-refractivity contribution in [2.24, 2.45) is 0 Å². The number of thiazole rings is 1. The second kappa shape index (κ2) is 4.67. The maximum absolute atomic E-state index is 4.33. The second-order valence-corrected chi connectivity index (χ2v) is 6.31. The molecule has 20 heavy (non-hydrogen) atoms. The predicted octanol–water partition coefficient (Wildman–Crippen LogP) is 3.92. The van der Waals surface area contributed by atoms with Crippen LogP contribution in [0.15, 0.2) is 36.1 Å². The first kappa shape index (κ1) is 12.0. The Morgan fingerprint density at radius 2 is 2.10 bits per heavy atom. The Morgan fingerprint density at radius 1 is 1.15 bits per heavy atom. The Morgan fingerprint density at radius 3 is 3.05 bits per heavy atom. The molecule has 4 rings (SSSR count). The first-order valence-electron chi connectivity index (χ1n) is 5.89. The highest BCUT2D eigenvalue weighted by Gasteiger charge is 2.07. The topological polar surface area (TPSA) is 66.5 Å². The predicted molar refractivity (Wildman–Crippen MR) is 89.5 cm³/mol. The average Bonchev–Trinajstić information content (AvgIpc) is 3.04. The third-order valence-corrected chi connectivity index (χ3v) is 4.36. The molecule has 1 aromatic carbocycles. The Kier molecular flexibility index (Phi) is 2.81. The minimum absolute atomic E-state index is 0.804.